The van der Waals surface area contributed by atoms with E-state index in [-0.39, 0.29) is 5.91 Å². The highest BCUT2D eigenvalue weighted by Crippen LogP contribution is 2.18. The molecular formula is C16H21ClN4O2. The Labute approximate surface area is 141 Å². The molecule has 2 aromatic rings. The van der Waals surface area contributed by atoms with E-state index in [1.54, 1.807) is 48.3 Å². The van der Waals surface area contributed by atoms with Crippen molar-refractivity contribution in [2.75, 3.05) is 26.0 Å². The Bertz CT molecular complexity index is 657. The first-order chi connectivity index (χ1) is 10.9. The zero-order valence-electron chi connectivity index (χ0n) is 13.5. The van der Waals surface area contributed by atoms with Crippen molar-refractivity contribution < 1.29 is 9.53 Å². The Morgan fingerprint density at radius 3 is 2.96 bits per heavy atom. The summed E-state index contributed by atoms with van der Waals surface area (Å²) in [6, 6.07) is 6.96. The molecule has 0 fully saturated rings. The molecule has 0 saturated carbocycles. The molecule has 1 amide bonds. The van der Waals surface area contributed by atoms with Crippen LogP contribution in [0.25, 0.3) is 0 Å². The van der Waals surface area contributed by atoms with Crippen LogP contribution >= 0.6 is 11.6 Å². The van der Waals surface area contributed by atoms with Crippen molar-refractivity contribution in [2.45, 2.75) is 19.6 Å². The Morgan fingerprint density at radius 1 is 1.48 bits per heavy atom. The zero-order valence-corrected chi connectivity index (χ0v) is 14.2. The number of ether oxygens (including phenoxy) is 1. The average molecular weight is 337 g/mol. The molecular weight excluding hydrogens is 316 g/mol. The Balaban J connectivity index is 1.88. The molecule has 0 spiro atoms. The number of benzene rings is 1. The van der Waals surface area contributed by atoms with Gasteiger partial charge in [-0.05, 0) is 39.2 Å². The van der Waals surface area contributed by atoms with Gasteiger partial charge in [0.1, 0.15) is 5.75 Å². The fourth-order valence-electron chi connectivity index (χ4n) is 1.89. The van der Waals surface area contributed by atoms with Crippen molar-refractivity contribution >= 4 is 23.2 Å². The van der Waals surface area contributed by atoms with Gasteiger partial charge in [-0.25, -0.2) is 0 Å². The van der Waals surface area contributed by atoms with Crippen molar-refractivity contribution in [1.29, 1.82) is 0 Å². The predicted octanol–water partition coefficient (Wildman–Crippen LogP) is 2.50. The fourth-order valence-corrected chi connectivity index (χ4v) is 2.07. The van der Waals surface area contributed by atoms with Gasteiger partial charge < -0.3 is 15.0 Å². The maximum atomic E-state index is 12.2. The minimum atomic E-state index is -0.640. The number of rotatable bonds is 7. The van der Waals surface area contributed by atoms with Crippen molar-refractivity contribution in [3.63, 3.8) is 0 Å². The van der Waals surface area contributed by atoms with Crippen LogP contribution in [-0.2, 0) is 11.3 Å². The van der Waals surface area contributed by atoms with E-state index in [4.69, 9.17) is 16.3 Å². The molecule has 1 atom stereocenters. The van der Waals surface area contributed by atoms with Crippen LogP contribution in [0.3, 0.4) is 0 Å². The summed E-state index contributed by atoms with van der Waals surface area (Å²) >= 11 is 5.90. The molecule has 2 rings (SSSR count). The summed E-state index contributed by atoms with van der Waals surface area (Å²) < 4.78 is 7.37. The SMILES string of the molecule is C[C@H](Oc1cccc(Cl)c1)C(=O)Nc1cnn(CCN(C)C)c1. The maximum Gasteiger partial charge on any atom is 0.265 e. The molecule has 23 heavy (non-hydrogen) atoms. The fraction of sp³-hybridized carbons (Fsp3) is 0.375. The van der Waals surface area contributed by atoms with Crippen LogP contribution in [0.2, 0.25) is 5.02 Å². The average Bonchev–Trinajstić information content (AvgIpc) is 2.92. The number of carbonyl (C=O) groups excluding carboxylic acids is 1. The summed E-state index contributed by atoms with van der Waals surface area (Å²) in [6.07, 6.45) is 2.78. The lowest BCUT2D eigenvalue weighted by Crippen LogP contribution is -2.30. The van der Waals surface area contributed by atoms with Crippen molar-refractivity contribution in [3.05, 3.63) is 41.7 Å². The number of hydrogen-bond acceptors (Lipinski definition) is 4. The van der Waals surface area contributed by atoms with Gasteiger partial charge in [0.15, 0.2) is 6.10 Å². The number of nitrogens with zero attached hydrogens (tertiary/aromatic N) is 3. The predicted molar refractivity (Wildman–Crippen MR) is 91.0 cm³/mol. The number of carbonyl (C=O) groups is 1. The first-order valence-corrected chi connectivity index (χ1v) is 7.72. The van der Waals surface area contributed by atoms with E-state index >= 15 is 0 Å². The lowest BCUT2D eigenvalue weighted by Gasteiger charge is -2.14. The second-order valence-corrected chi connectivity index (χ2v) is 5.94. The minimum absolute atomic E-state index is 0.239. The monoisotopic (exact) mass is 336 g/mol. The lowest BCUT2D eigenvalue weighted by atomic mass is 10.3. The smallest absolute Gasteiger partial charge is 0.265 e. The van der Waals surface area contributed by atoms with Gasteiger partial charge in [-0.1, -0.05) is 17.7 Å². The molecule has 0 aliphatic heterocycles. The summed E-state index contributed by atoms with van der Waals surface area (Å²) in [4.78, 5) is 14.2. The van der Waals surface area contributed by atoms with E-state index in [2.05, 4.69) is 15.3 Å². The van der Waals surface area contributed by atoms with Gasteiger partial charge >= 0.3 is 0 Å². The standard InChI is InChI=1S/C16H21ClN4O2/c1-12(23-15-6-4-5-13(17)9-15)16(22)19-14-10-18-21(11-14)8-7-20(2)3/h4-6,9-12H,7-8H2,1-3H3,(H,19,22)/t12-/m0/s1. The molecule has 0 unspecified atom stereocenters. The third-order valence-electron chi connectivity index (χ3n) is 3.16. The largest absolute Gasteiger partial charge is 0.481 e. The van der Waals surface area contributed by atoms with Crippen molar-refractivity contribution in [2.24, 2.45) is 0 Å². The van der Waals surface area contributed by atoms with Gasteiger partial charge in [-0.3, -0.25) is 9.48 Å². The first kappa shape index (κ1) is 17.3. The number of anilines is 1. The molecule has 1 heterocycles. The summed E-state index contributed by atoms with van der Waals surface area (Å²) in [5, 5.41) is 7.57. The van der Waals surface area contributed by atoms with Crippen molar-refractivity contribution in [1.82, 2.24) is 14.7 Å². The Morgan fingerprint density at radius 2 is 2.26 bits per heavy atom. The minimum Gasteiger partial charge on any atom is -0.481 e. The highest BCUT2D eigenvalue weighted by Gasteiger charge is 2.15. The molecule has 6 nitrogen and oxygen atoms in total. The molecule has 7 heteroatoms. The quantitative estimate of drug-likeness (QED) is 0.844. The van der Waals surface area contributed by atoms with Gasteiger partial charge in [0.05, 0.1) is 18.4 Å². The summed E-state index contributed by atoms with van der Waals surface area (Å²) in [5.74, 6) is 0.318. The van der Waals surface area contributed by atoms with Crippen LogP contribution in [0.1, 0.15) is 6.92 Å². The third kappa shape index (κ3) is 5.58. The van der Waals surface area contributed by atoms with Crippen LogP contribution < -0.4 is 10.1 Å². The summed E-state index contributed by atoms with van der Waals surface area (Å²) in [7, 11) is 4.00. The topological polar surface area (TPSA) is 59.4 Å². The highest BCUT2D eigenvalue weighted by atomic mass is 35.5. The Hall–Kier alpha value is -2.05. The number of hydrogen-bond donors (Lipinski definition) is 1. The summed E-state index contributed by atoms with van der Waals surface area (Å²) in [5.41, 5.74) is 0.648. The summed E-state index contributed by atoms with van der Waals surface area (Å²) in [6.45, 7) is 3.33. The van der Waals surface area contributed by atoms with Gasteiger partial charge in [0.2, 0.25) is 0 Å². The van der Waals surface area contributed by atoms with Crippen molar-refractivity contribution in [3.8, 4) is 5.75 Å². The molecule has 124 valence electrons. The molecule has 1 N–H and O–H groups in total. The molecule has 0 bridgehead atoms. The third-order valence-corrected chi connectivity index (χ3v) is 3.39. The second kappa shape index (κ2) is 7.99. The lowest BCUT2D eigenvalue weighted by molar-refractivity contribution is -0.122. The number of likely N-dealkylation sites (N-methyl/N-ethyl adjacent to an activating group) is 1. The van der Waals surface area contributed by atoms with Crippen LogP contribution in [0.5, 0.6) is 5.75 Å². The van der Waals surface area contributed by atoms with E-state index in [1.807, 2.05) is 14.1 Å². The van der Waals surface area contributed by atoms with Crippen LogP contribution in [0.15, 0.2) is 36.7 Å². The Kier molecular flexibility index (Phi) is 6.01. The van der Waals surface area contributed by atoms with Gasteiger partial charge in [-0.15, -0.1) is 0 Å². The molecule has 0 aliphatic carbocycles. The zero-order chi connectivity index (χ0) is 16.8. The van der Waals surface area contributed by atoms with Gasteiger partial charge in [0, 0.05) is 17.8 Å². The number of nitrogens with one attached hydrogen (secondary N) is 1. The van der Waals surface area contributed by atoms with Crippen LogP contribution in [0, 0.1) is 0 Å². The molecule has 0 saturated heterocycles. The van der Waals surface area contributed by atoms with E-state index in [0.29, 0.717) is 16.5 Å². The van der Waals surface area contributed by atoms with Crippen LogP contribution in [-0.4, -0.2) is 47.3 Å². The first-order valence-electron chi connectivity index (χ1n) is 7.34. The van der Waals surface area contributed by atoms with E-state index in [9.17, 15) is 4.79 Å². The number of amides is 1. The molecule has 0 aliphatic rings. The molecule has 0 radical (unpaired) electrons. The van der Waals surface area contributed by atoms with E-state index in [0.717, 1.165) is 13.1 Å². The normalized spacial score (nSPS) is 12.2. The molecule has 1 aromatic carbocycles. The molecule has 1 aromatic heterocycles. The van der Waals surface area contributed by atoms with E-state index in [1.165, 1.54) is 0 Å². The number of aromatic nitrogens is 2. The van der Waals surface area contributed by atoms with Gasteiger partial charge in [0.25, 0.3) is 5.91 Å². The van der Waals surface area contributed by atoms with Crippen LogP contribution in [0.4, 0.5) is 5.69 Å². The second-order valence-electron chi connectivity index (χ2n) is 5.50. The highest BCUT2D eigenvalue weighted by molar-refractivity contribution is 6.30. The maximum absolute atomic E-state index is 12.2. The number of halogens is 1. The van der Waals surface area contributed by atoms with E-state index < -0.39 is 6.10 Å². The van der Waals surface area contributed by atoms with Gasteiger partial charge in [-0.2, -0.15) is 5.10 Å².